The standard InChI is InChI=1S/C19H20F5N5O3/c1-25-16-12(19(22,23)24)10-26-18(28-16)27-14-9-13(21)11(8-15(14)32-5-2-20)17(30)29-3-6-31-7-4-29/h8-10H,2-7H2,1H3,(H2,25,26,27,28). The molecule has 1 amide bonds. The first-order valence-electron chi connectivity index (χ1n) is 9.53. The Labute approximate surface area is 179 Å². The molecule has 8 nitrogen and oxygen atoms in total. The predicted molar refractivity (Wildman–Crippen MR) is 104 cm³/mol. The maximum atomic E-state index is 14.8. The predicted octanol–water partition coefficient (Wildman–Crippen LogP) is 3.24. The van der Waals surface area contributed by atoms with Crippen molar-refractivity contribution in [2.24, 2.45) is 0 Å². The Morgan fingerprint density at radius 3 is 2.62 bits per heavy atom. The maximum absolute atomic E-state index is 14.8. The molecule has 0 saturated carbocycles. The molecule has 1 aliphatic heterocycles. The lowest BCUT2D eigenvalue weighted by Crippen LogP contribution is -2.41. The number of carbonyl (C=O) groups excluding carboxylic acids is 1. The third-order valence-corrected chi connectivity index (χ3v) is 4.51. The van der Waals surface area contributed by atoms with E-state index in [0.29, 0.717) is 19.4 Å². The number of carbonyl (C=O) groups is 1. The highest BCUT2D eigenvalue weighted by atomic mass is 19.4. The lowest BCUT2D eigenvalue weighted by Gasteiger charge is -2.27. The van der Waals surface area contributed by atoms with Gasteiger partial charge in [-0.05, 0) is 6.07 Å². The molecule has 13 heteroatoms. The van der Waals surface area contributed by atoms with Gasteiger partial charge in [0.1, 0.15) is 36.2 Å². The molecule has 3 rings (SSSR count). The summed E-state index contributed by atoms with van der Waals surface area (Å²) in [5.41, 5.74) is -1.47. The number of nitrogens with zero attached hydrogens (tertiary/aromatic N) is 3. The van der Waals surface area contributed by atoms with E-state index < -0.39 is 36.0 Å². The van der Waals surface area contributed by atoms with Gasteiger partial charge in [-0.2, -0.15) is 18.2 Å². The van der Waals surface area contributed by atoms with Crippen LogP contribution in [-0.4, -0.2) is 67.4 Å². The summed E-state index contributed by atoms with van der Waals surface area (Å²) in [5, 5.41) is 4.88. The Kier molecular flexibility index (Phi) is 7.28. The van der Waals surface area contributed by atoms with Crippen LogP contribution in [0.3, 0.4) is 0 Å². The number of benzene rings is 1. The summed E-state index contributed by atoms with van der Waals surface area (Å²) in [6, 6.07) is 2.02. The molecule has 0 radical (unpaired) electrons. The number of rotatable bonds is 7. The van der Waals surface area contributed by atoms with Crippen molar-refractivity contribution in [1.29, 1.82) is 0 Å². The second kappa shape index (κ2) is 9.94. The van der Waals surface area contributed by atoms with Crippen LogP contribution in [0.2, 0.25) is 0 Å². The van der Waals surface area contributed by atoms with E-state index in [-0.39, 0.29) is 42.6 Å². The molecule has 32 heavy (non-hydrogen) atoms. The van der Waals surface area contributed by atoms with Crippen molar-refractivity contribution in [2.45, 2.75) is 6.18 Å². The molecular weight excluding hydrogens is 441 g/mol. The summed E-state index contributed by atoms with van der Waals surface area (Å²) in [4.78, 5) is 21.4. The van der Waals surface area contributed by atoms with E-state index in [4.69, 9.17) is 9.47 Å². The molecule has 0 spiro atoms. The van der Waals surface area contributed by atoms with Crippen molar-refractivity contribution < 1.29 is 36.2 Å². The third kappa shape index (κ3) is 5.33. The van der Waals surface area contributed by atoms with E-state index in [1.54, 1.807) is 0 Å². The minimum atomic E-state index is -4.68. The summed E-state index contributed by atoms with van der Waals surface area (Å²) in [5.74, 6) is -2.38. The fourth-order valence-corrected chi connectivity index (χ4v) is 2.98. The maximum Gasteiger partial charge on any atom is 0.421 e. The third-order valence-electron chi connectivity index (χ3n) is 4.51. The molecule has 1 aliphatic rings. The van der Waals surface area contributed by atoms with Gasteiger partial charge in [-0.15, -0.1) is 0 Å². The van der Waals surface area contributed by atoms with Gasteiger partial charge in [0, 0.05) is 32.4 Å². The summed E-state index contributed by atoms with van der Waals surface area (Å²) in [7, 11) is 1.25. The van der Waals surface area contributed by atoms with Gasteiger partial charge in [0.15, 0.2) is 0 Å². The van der Waals surface area contributed by atoms with Crippen LogP contribution < -0.4 is 15.4 Å². The van der Waals surface area contributed by atoms with Crippen LogP contribution in [0.5, 0.6) is 5.75 Å². The summed E-state index contributed by atoms with van der Waals surface area (Å²) in [6.45, 7) is -0.0455. The molecule has 1 saturated heterocycles. The second-order valence-electron chi connectivity index (χ2n) is 6.60. The van der Waals surface area contributed by atoms with Crippen LogP contribution in [0.1, 0.15) is 15.9 Å². The van der Waals surface area contributed by atoms with Crippen molar-refractivity contribution in [3.8, 4) is 5.75 Å². The van der Waals surface area contributed by atoms with Crippen molar-refractivity contribution >= 4 is 23.4 Å². The van der Waals surface area contributed by atoms with Crippen molar-refractivity contribution in [1.82, 2.24) is 14.9 Å². The molecule has 1 aromatic carbocycles. The smallest absolute Gasteiger partial charge is 0.421 e. The molecule has 2 heterocycles. The quantitative estimate of drug-likeness (QED) is 0.612. The summed E-state index contributed by atoms with van der Waals surface area (Å²) in [6.07, 6.45) is -4.12. The first-order chi connectivity index (χ1) is 15.2. The molecule has 0 unspecified atom stereocenters. The number of hydrogen-bond acceptors (Lipinski definition) is 7. The Bertz CT molecular complexity index is 967. The van der Waals surface area contributed by atoms with E-state index in [9.17, 15) is 26.7 Å². The van der Waals surface area contributed by atoms with Crippen molar-refractivity contribution in [3.05, 3.63) is 35.3 Å². The summed E-state index contributed by atoms with van der Waals surface area (Å²) >= 11 is 0. The number of aromatic nitrogens is 2. The van der Waals surface area contributed by atoms with Gasteiger partial charge in [0.05, 0.1) is 24.5 Å². The molecule has 0 atom stereocenters. The number of morpholine rings is 1. The number of anilines is 3. The van der Waals surface area contributed by atoms with E-state index in [1.165, 1.54) is 11.9 Å². The Balaban J connectivity index is 1.93. The van der Waals surface area contributed by atoms with Gasteiger partial charge in [0.2, 0.25) is 5.95 Å². The Morgan fingerprint density at radius 1 is 1.28 bits per heavy atom. The highest BCUT2D eigenvalue weighted by Gasteiger charge is 2.35. The van der Waals surface area contributed by atoms with E-state index in [1.807, 2.05) is 0 Å². The van der Waals surface area contributed by atoms with E-state index >= 15 is 0 Å². The fraction of sp³-hybridized carbons (Fsp3) is 0.421. The van der Waals surface area contributed by atoms with Crippen LogP contribution in [0.4, 0.5) is 39.4 Å². The van der Waals surface area contributed by atoms with Crippen LogP contribution in [0.25, 0.3) is 0 Å². The van der Waals surface area contributed by atoms with Crippen LogP contribution in [0, 0.1) is 5.82 Å². The second-order valence-corrected chi connectivity index (χ2v) is 6.60. The minimum absolute atomic E-state index is 0.0868. The number of ether oxygens (including phenoxy) is 2. The monoisotopic (exact) mass is 461 g/mol. The van der Waals surface area contributed by atoms with Crippen LogP contribution in [-0.2, 0) is 10.9 Å². The Morgan fingerprint density at radius 2 is 2.00 bits per heavy atom. The molecule has 2 aromatic rings. The van der Waals surface area contributed by atoms with E-state index in [0.717, 1.165) is 12.1 Å². The summed E-state index contributed by atoms with van der Waals surface area (Å²) < 4.78 is 77.0. The zero-order valence-corrected chi connectivity index (χ0v) is 16.9. The first-order valence-corrected chi connectivity index (χ1v) is 9.53. The van der Waals surface area contributed by atoms with Gasteiger partial charge in [-0.25, -0.2) is 13.8 Å². The number of nitrogens with one attached hydrogen (secondary N) is 2. The molecule has 1 fully saturated rings. The highest BCUT2D eigenvalue weighted by molar-refractivity contribution is 5.96. The lowest BCUT2D eigenvalue weighted by molar-refractivity contribution is -0.137. The van der Waals surface area contributed by atoms with Gasteiger partial charge >= 0.3 is 6.18 Å². The van der Waals surface area contributed by atoms with Crippen molar-refractivity contribution in [2.75, 3.05) is 57.3 Å². The fourth-order valence-electron chi connectivity index (χ4n) is 2.98. The molecule has 174 valence electrons. The molecule has 0 bridgehead atoms. The number of alkyl halides is 4. The van der Waals surface area contributed by atoms with Gasteiger partial charge < -0.3 is 25.0 Å². The largest absolute Gasteiger partial charge is 0.489 e. The normalized spacial score (nSPS) is 14.2. The average Bonchev–Trinajstić information content (AvgIpc) is 2.78. The SMILES string of the molecule is CNc1nc(Nc2cc(F)c(C(=O)N3CCOCC3)cc2OCCF)ncc1C(F)(F)F. The zero-order valence-electron chi connectivity index (χ0n) is 16.9. The number of amides is 1. The topological polar surface area (TPSA) is 88.6 Å². The van der Waals surface area contributed by atoms with Gasteiger partial charge in [-0.1, -0.05) is 0 Å². The van der Waals surface area contributed by atoms with Gasteiger partial charge in [0.25, 0.3) is 5.91 Å². The highest BCUT2D eigenvalue weighted by Crippen LogP contribution is 2.35. The van der Waals surface area contributed by atoms with Crippen LogP contribution >= 0.6 is 0 Å². The molecule has 1 aromatic heterocycles. The lowest BCUT2D eigenvalue weighted by atomic mass is 10.1. The first kappa shape index (κ1) is 23.4. The zero-order chi connectivity index (χ0) is 23.3. The van der Waals surface area contributed by atoms with Crippen LogP contribution in [0.15, 0.2) is 18.3 Å². The van der Waals surface area contributed by atoms with E-state index in [2.05, 4.69) is 20.6 Å². The Hall–Kier alpha value is -3.22. The number of hydrogen-bond donors (Lipinski definition) is 2. The van der Waals surface area contributed by atoms with Gasteiger partial charge in [-0.3, -0.25) is 4.79 Å². The van der Waals surface area contributed by atoms with Crippen molar-refractivity contribution in [3.63, 3.8) is 0 Å². The average molecular weight is 461 g/mol. The molecule has 0 aliphatic carbocycles. The number of halogens is 5. The molecule has 2 N–H and O–H groups in total. The minimum Gasteiger partial charge on any atom is -0.489 e. The molecular formula is C19H20F5N5O3.